The highest BCUT2D eigenvalue weighted by molar-refractivity contribution is 6.74. The van der Waals surface area contributed by atoms with Gasteiger partial charge in [-0.3, -0.25) is 9.59 Å². The molecule has 1 saturated carbocycles. The molecule has 0 aromatic carbocycles. The molecule has 7 nitrogen and oxygen atoms in total. The molecule has 0 spiro atoms. The fraction of sp³-hybridized carbons (Fsp3) is 0.917. The average molecular weight is 503 g/mol. The molecule has 0 radical (unpaired) electrons. The van der Waals surface area contributed by atoms with Gasteiger partial charge < -0.3 is 25.0 Å². The van der Waals surface area contributed by atoms with E-state index in [0.29, 0.717) is 25.7 Å². The van der Waals surface area contributed by atoms with Crippen LogP contribution in [0.4, 0.5) is 0 Å². The van der Waals surface area contributed by atoms with Crippen LogP contribution in [0.15, 0.2) is 0 Å². The summed E-state index contributed by atoms with van der Waals surface area (Å²) >= 11 is 0. The van der Waals surface area contributed by atoms with Gasteiger partial charge in [0, 0.05) is 6.10 Å². The minimum Gasteiger partial charge on any atom is -0.414 e. The van der Waals surface area contributed by atoms with Crippen molar-refractivity contribution in [2.75, 3.05) is 6.61 Å². The number of rotatable bonds is 9. The highest BCUT2D eigenvalue weighted by Gasteiger charge is 2.47. The van der Waals surface area contributed by atoms with Gasteiger partial charge in [0.05, 0.1) is 18.1 Å². The van der Waals surface area contributed by atoms with Crippen LogP contribution >= 0.6 is 0 Å². The van der Waals surface area contributed by atoms with Gasteiger partial charge in [-0.05, 0) is 68.9 Å². The van der Waals surface area contributed by atoms with E-state index in [9.17, 15) is 14.7 Å². The maximum absolute atomic E-state index is 13.3. The second-order valence-electron chi connectivity index (χ2n) is 13.0. The predicted octanol–water partition coefficient (Wildman–Crippen LogP) is 4.31. The van der Waals surface area contributed by atoms with E-state index in [1.165, 1.54) is 0 Å². The average Bonchev–Trinajstić information content (AvgIpc) is 2.63. The fourth-order valence-corrected chi connectivity index (χ4v) is 6.58. The number of carbonyl (C=O) groups is 2. The Bertz CT molecular complexity index is 690. The van der Waals surface area contributed by atoms with E-state index in [2.05, 4.69) is 73.0 Å². The summed E-state index contributed by atoms with van der Waals surface area (Å²) in [4.78, 5) is 25.6. The van der Waals surface area contributed by atoms with Crippen molar-refractivity contribution >= 4 is 28.4 Å². The second kappa shape index (κ2) is 10.5. The molecule has 33 heavy (non-hydrogen) atoms. The lowest BCUT2D eigenvalue weighted by atomic mass is 9.73. The van der Waals surface area contributed by atoms with Crippen LogP contribution in [0.5, 0.6) is 0 Å². The summed E-state index contributed by atoms with van der Waals surface area (Å²) in [7, 11) is -4.07. The Kier molecular flexibility index (Phi) is 9.61. The summed E-state index contributed by atoms with van der Waals surface area (Å²) in [6.45, 7) is 23.2. The standard InChI is InChI=1S/C24H50N2O5Si2/c1-17(30-32(8,9)22(2,3)4)19(20(25)28)26-21(29)24(16-27)14-12-18(13-15-24)31-33(10,11)23(5,6)7/h17-19,27H,12-16H2,1-11H3,(H2,25,28)(H,26,29). The molecule has 0 bridgehead atoms. The highest BCUT2D eigenvalue weighted by atomic mass is 28.4. The Morgan fingerprint density at radius 2 is 1.48 bits per heavy atom. The van der Waals surface area contributed by atoms with Crippen LogP contribution in [0.3, 0.4) is 0 Å². The molecule has 0 saturated heterocycles. The maximum Gasteiger partial charge on any atom is 0.242 e. The Hall–Kier alpha value is -0.746. The van der Waals surface area contributed by atoms with Crippen molar-refractivity contribution in [2.45, 2.75) is 129 Å². The number of hydrogen-bond donors (Lipinski definition) is 3. The van der Waals surface area contributed by atoms with Gasteiger partial charge in [0.25, 0.3) is 0 Å². The molecular weight excluding hydrogens is 452 g/mol. The Morgan fingerprint density at radius 1 is 1.03 bits per heavy atom. The van der Waals surface area contributed by atoms with Crippen molar-refractivity contribution < 1.29 is 23.5 Å². The second-order valence-corrected chi connectivity index (χ2v) is 22.5. The molecule has 0 heterocycles. The quantitative estimate of drug-likeness (QED) is 0.407. The van der Waals surface area contributed by atoms with Gasteiger partial charge >= 0.3 is 0 Å². The van der Waals surface area contributed by atoms with Gasteiger partial charge in [0.2, 0.25) is 11.8 Å². The summed E-state index contributed by atoms with van der Waals surface area (Å²) in [5.74, 6) is -0.956. The summed E-state index contributed by atoms with van der Waals surface area (Å²) in [5, 5.41) is 13.1. The van der Waals surface area contributed by atoms with Crippen LogP contribution in [0, 0.1) is 5.41 Å². The monoisotopic (exact) mass is 502 g/mol. The molecule has 1 aliphatic carbocycles. The molecule has 9 heteroatoms. The number of nitrogens with two attached hydrogens (primary N) is 1. The van der Waals surface area contributed by atoms with Crippen LogP contribution < -0.4 is 11.1 Å². The number of hydrogen-bond acceptors (Lipinski definition) is 5. The first-order chi connectivity index (χ1) is 14.7. The first-order valence-electron chi connectivity index (χ1n) is 12.3. The molecule has 0 aliphatic heterocycles. The maximum atomic E-state index is 13.3. The molecule has 4 N–H and O–H groups in total. The molecule has 0 aromatic heterocycles. The van der Waals surface area contributed by atoms with Gasteiger partial charge in [-0.25, -0.2) is 0 Å². The smallest absolute Gasteiger partial charge is 0.242 e. The third-order valence-corrected chi connectivity index (χ3v) is 17.4. The zero-order valence-corrected chi connectivity index (χ0v) is 24.9. The lowest BCUT2D eigenvalue weighted by molar-refractivity contribution is -0.141. The van der Waals surface area contributed by atoms with Crippen molar-refractivity contribution in [3.05, 3.63) is 0 Å². The largest absolute Gasteiger partial charge is 0.414 e. The van der Waals surface area contributed by atoms with Crippen LogP contribution in [0.1, 0.15) is 74.1 Å². The fourth-order valence-electron chi connectivity index (χ4n) is 3.74. The minimum atomic E-state index is -2.16. The molecule has 2 unspecified atom stereocenters. The van der Waals surface area contributed by atoms with Gasteiger partial charge in [0.1, 0.15) is 6.04 Å². The highest BCUT2D eigenvalue weighted by Crippen LogP contribution is 2.43. The zero-order valence-electron chi connectivity index (χ0n) is 22.9. The van der Waals surface area contributed by atoms with E-state index in [1.54, 1.807) is 6.92 Å². The van der Waals surface area contributed by atoms with Gasteiger partial charge in [0.15, 0.2) is 16.6 Å². The normalized spacial score (nSPS) is 24.8. The number of amides is 2. The Balaban J connectivity index is 2.91. The third-order valence-electron chi connectivity index (χ3n) is 8.29. The lowest BCUT2D eigenvalue weighted by Gasteiger charge is -2.44. The minimum absolute atomic E-state index is 0.0394. The molecule has 1 aliphatic rings. The van der Waals surface area contributed by atoms with Crippen molar-refractivity contribution in [1.29, 1.82) is 0 Å². The van der Waals surface area contributed by atoms with Crippen molar-refractivity contribution in [1.82, 2.24) is 5.32 Å². The number of primary amides is 1. The summed E-state index contributed by atoms with van der Waals surface area (Å²) in [5.41, 5.74) is 4.73. The molecule has 2 amide bonds. The first kappa shape index (κ1) is 30.3. The van der Waals surface area contributed by atoms with Crippen LogP contribution in [0.2, 0.25) is 36.3 Å². The predicted molar refractivity (Wildman–Crippen MR) is 139 cm³/mol. The molecule has 0 aromatic rings. The van der Waals surface area contributed by atoms with E-state index in [0.717, 1.165) is 0 Å². The zero-order chi connectivity index (χ0) is 26.0. The SMILES string of the molecule is CC(O[Si](C)(C)C(C)(C)C)C(NC(=O)C1(CO)CCC(O[Si](C)(C)C(C)(C)C)CC1)C(N)=O. The topological polar surface area (TPSA) is 111 Å². The third kappa shape index (κ3) is 7.37. The number of carbonyl (C=O) groups excluding carboxylic acids is 2. The van der Waals surface area contributed by atoms with Gasteiger partial charge in [-0.2, -0.15) is 0 Å². The lowest BCUT2D eigenvalue weighted by Crippen LogP contribution is -2.59. The molecular formula is C24H50N2O5Si2. The van der Waals surface area contributed by atoms with Crippen molar-refractivity contribution in [3.63, 3.8) is 0 Å². The van der Waals surface area contributed by atoms with E-state index in [4.69, 9.17) is 14.6 Å². The van der Waals surface area contributed by atoms with Gasteiger partial charge in [-0.15, -0.1) is 0 Å². The molecule has 2 atom stereocenters. The van der Waals surface area contributed by atoms with E-state index < -0.39 is 40.1 Å². The molecule has 1 fully saturated rings. The number of aliphatic hydroxyl groups excluding tert-OH is 1. The molecule has 194 valence electrons. The molecule has 1 rings (SSSR count). The summed E-state index contributed by atoms with van der Waals surface area (Å²) in [6.07, 6.45) is 1.97. The van der Waals surface area contributed by atoms with Gasteiger partial charge in [-0.1, -0.05) is 41.5 Å². The Morgan fingerprint density at radius 3 is 1.85 bits per heavy atom. The van der Waals surface area contributed by atoms with Crippen molar-refractivity contribution in [3.8, 4) is 0 Å². The summed E-state index contributed by atoms with van der Waals surface area (Å²) < 4.78 is 12.9. The number of aliphatic hydroxyl groups is 1. The van der Waals surface area contributed by atoms with E-state index >= 15 is 0 Å². The first-order valence-corrected chi connectivity index (χ1v) is 18.1. The van der Waals surface area contributed by atoms with E-state index in [1.807, 2.05) is 0 Å². The van der Waals surface area contributed by atoms with Crippen LogP contribution in [-0.4, -0.2) is 58.4 Å². The van der Waals surface area contributed by atoms with Crippen molar-refractivity contribution in [2.24, 2.45) is 11.1 Å². The van der Waals surface area contributed by atoms with Crippen LogP contribution in [0.25, 0.3) is 0 Å². The number of nitrogens with one attached hydrogen (secondary N) is 1. The summed E-state index contributed by atoms with van der Waals surface area (Å²) in [6, 6.07) is -0.948. The Labute approximate surface area is 203 Å². The van der Waals surface area contributed by atoms with Crippen LogP contribution in [-0.2, 0) is 18.4 Å². The van der Waals surface area contributed by atoms with E-state index in [-0.39, 0.29) is 28.7 Å².